The number of hydrogen-bond donors (Lipinski definition) is 0. The maximum Gasteiger partial charge on any atom is 0.274 e. The molecular weight excluding hydrogens is 505 g/mol. The van der Waals surface area contributed by atoms with E-state index in [0.717, 1.165) is 33.3 Å². The highest BCUT2D eigenvalue weighted by Gasteiger charge is 2.37. The van der Waals surface area contributed by atoms with Crippen LogP contribution in [0.5, 0.6) is 0 Å². The molecule has 10 heteroatoms. The zero-order chi connectivity index (χ0) is 24.2. The van der Waals surface area contributed by atoms with E-state index in [1.165, 1.54) is 0 Å². The first kappa shape index (κ1) is 22.0. The summed E-state index contributed by atoms with van der Waals surface area (Å²) in [6, 6.07) is 21.0. The highest BCUT2D eigenvalue weighted by atomic mass is 35.5. The summed E-state index contributed by atoms with van der Waals surface area (Å²) >= 11 is 20.0. The van der Waals surface area contributed by atoms with Crippen LogP contribution in [0.15, 0.2) is 79.3 Å². The van der Waals surface area contributed by atoms with E-state index in [0.29, 0.717) is 21.5 Å². The largest absolute Gasteiger partial charge is 0.336 e. The summed E-state index contributed by atoms with van der Waals surface area (Å²) in [6.07, 6.45) is 3.50. The third kappa shape index (κ3) is 3.55. The minimum atomic E-state index is -1.05. The van der Waals surface area contributed by atoms with Gasteiger partial charge < -0.3 is 4.57 Å². The number of halogens is 3. The number of aryl methyl sites for hydroxylation is 1. The molecular formula is C25H16Cl3N7. The topological polar surface area (TPSA) is 73.8 Å². The molecule has 3 aromatic carbocycles. The van der Waals surface area contributed by atoms with Crippen LogP contribution in [-0.2, 0) is 11.9 Å². The first-order valence-corrected chi connectivity index (χ1v) is 11.8. The van der Waals surface area contributed by atoms with Crippen LogP contribution in [-0.4, -0.2) is 34.6 Å². The Labute approximate surface area is 214 Å². The van der Waals surface area contributed by atoms with Crippen LogP contribution in [0, 0.1) is 0 Å². The van der Waals surface area contributed by atoms with Gasteiger partial charge in [-0.3, -0.25) is 0 Å². The van der Waals surface area contributed by atoms with Crippen molar-refractivity contribution in [3.63, 3.8) is 0 Å². The second-order valence-corrected chi connectivity index (χ2v) is 9.59. The number of rotatable bonds is 4. The van der Waals surface area contributed by atoms with E-state index in [9.17, 15) is 0 Å². The molecule has 172 valence electrons. The molecule has 0 saturated heterocycles. The molecule has 0 aliphatic heterocycles. The maximum absolute atomic E-state index is 7.54. The van der Waals surface area contributed by atoms with Gasteiger partial charge in [-0.05, 0) is 58.0 Å². The smallest absolute Gasteiger partial charge is 0.274 e. The van der Waals surface area contributed by atoms with Crippen LogP contribution < -0.4 is 0 Å². The molecule has 0 saturated carbocycles. The molecule has 0 N–H and O–H groups in total. The van der Waals surface area contributed by atoms with Gasteiger partial charge >= 0.3 is 0 Å². The van der Waals surface area contributed by atoms with Gasteiger partial charge in [0, 0.05) is 28.0 Å². The predicted molar refractivity (Wildman–Crippen MR) is 137 cm³/mol. The van der Waals surface area contributed by atoms with E-state index in [1.54, 1.807) is 17.0 Å². The molecule has 6 aromatic rings. The fraction of sp³-hybridized carbons (Fsp3) is 0.0800. The van der Waals surface area contributed by atoms with E-state index in [2.05, 4.69) is 20.5 Å². The summed E-state index contributed by atoms with van der Waals surface area (Å²) in [6.45, 7) is 0. The molecule has 0 bridgehead atoms. The minimum Gasteiger partial charge on any atom is -0.336 e. The van der Waals surface area contributed by atoms with Gasteiger partial charge in [0.15, 0.2) is 0 Å². The Morgan fingerprint density at radius 2 is 1.69 bits per heavy atom. The molecule has 0 radical (unpaired) electrons. The Balaban J connectivity index is 1.68. The van der Waals surface area contributed by atoms with Gasteiger partial charge in [-0.15, -0.1) is 11.6 Å². The van der Waals surface area contributed by atoms with E-state index >= 15 is 0 Å². The molecule has 0 aliphatic rings. The third-order valence-corrected chi connectivity index (χ3v) is 7.17. The Bertz CT molecular complexity index is 1710. The Kier molecular flexibility index (Phi) is 5.21. The lowest BCUT2D eigenvalue weighted by Crippen LogP contribution is -2.25. The van der Waals surface area contributed by atoms with Crippen molar-refractivity contribution in [3.8, 4) is 11.3 Å². The monoisotopic (exact) mass is 519 g/mol. The number of benzene rings is 3. The Hall–Kier alpha value is -3.52. The summed E-state index contributed by atoms with van der Waals surface area (Å²) in [4.78, 5) is 8.02. The highest BCUT2D eigenvalue weighted by Crippen LogP contribution is 2.44. The molecule has 3 heterocycles. The van der Waals surface area contributed by atoms with E-state index < -0.39 is 4.87 Å². The van der Waals surface area contributed by atoms with Gasteiger partial charge in [0.05, 0.1) is 29.4 Å². The number of fused-ring (bicyclic) bond motifs is 3. The molecule has 0 amide bonds. The highest BCUT2D eigenvalue weighted by molar-refractivity contribution is 6.31. The van der Waals surface area contributed by atoms with Gasteiger partial charge in [0.25, 0.3) is 5.78 Å². The lowest BCUT2D eigenvalue weighted by Gasteiger charge is -2.29. The van der Waals surface area contributed by atoms with E-state index in [1.807, 2.05) is 78.3 Å². The molecule has 1 atom stereocenters. The van der Waals surface area contributed by atoms with Crippen molar-refractivity contribution in [2.24, 2.45) is 7.05 Å². The first-order chi connectivity index (χ1) is 16.9. The van der Waals surface area contributed by atoms with E-state index in [4.69, 9.17) is 39.8 Å². The van der Waals surface area contributed by atoms with Crippen molar-refractivity contribution in [2.75, 3.05) is 0 Å². The molecule has 0 spiro atoms. The fourth-order valence-corrected chi connectivity index (χ4v) is 5.12. The van der Waals surface area contributed by atoms with Crippen LogP contribution in [0.1, 0.15) is 16.8 Å². The van der Waals surface area contributed by atoms with Crippen LogP contribution in [0.4, 0.5) is 0 Å². The average molecular weight is 521 g/mol. The Morgan fingerprint density at radius 3 is 2.43 bits per heavy atom. The van der Waals surface area contributed by atoms with Gasteiger partial charge in [-0.2, -0.15) is 4.52 Å². The molecule has 0 aliphatic carbocycles. The molecule has 6 rings (SSSR count). The maximum atomic E-state index is 7.54. The fourth-order valence-electron chi connectivity index (χ4n) is 4.38. The van der Waals surface area contributed by atoms with Crippen LogP contribution >= 0.6 is 34.8 Å². The first-order valence-electron chi connectivity index (χ1n) is 10.6. The predicted octanol–water partition coefficient (Wildman–Crippen LogP) is 5.91. The lowest BCUT2D eigenvalue weighted by atomic mass is 9.86. The normalized spacial score (nSPS) is 13.4. The van der Waals surface area contributed by atoms with Gasteiger partial charge in [-0.25, -0.2) is 9.97 Å². The van der Waals surface area contributed by atoms with Gasteiger partial charge in [-0.1, -0.05) is 58.6 Å². The van der Waals surface area contributed by atoms with Crippen molar-refractivity contribution in [1.29, 1.82) is 0 Å². The average Bonchev–Trinajstić information content (AvgIpc) is 3.52. The summed E-state index contributed by atoms with van der Waals surface area (Å²) in [5.74, 6) is 0.390. The van der Waals surface area contributed by atoms with Crippen molar-refractivity contribution < 1.29 is 0 Å². The minimum absolute atomic E-state index is 0.390. The number of tetrazole rings is 1. The molecule has 7 nitrogen and oxygen atoms in total. The molecule has 3 aromatic heterocycles. The number of alkyl halides is 1. The lowest BCUT2D eigenvalue weighted by molar-refractivity contribution is 0.746. The van der Waals surface area contributed by atoms with Crippen molar-refractivity contribution >= 4 is 51.5 Å². The number of nitrogens with zero attached hydrogens (tertiary/aromatic N) is 7. The molecule has 35 heavy (non-hydrogen) atoms. The number of imidazole rings is 1. The number of hydrogen-bond acceptors (Lipinski definition) is 5. The summed E-state index contributed by atoms with van der Waals surface area (Å²) in [5.41, 5.74) is 4.83. The number of aromatic nitrogens is 7. The Morgan fingerprint density at radius 1 is 0.886 bits per heavy atom. The van der Waals surface area contributed by atoms with E-state index in [-0.39, 0.29) is 0 Å². The zero-order valence-corrected chi connectivity index (χ0v) is 20.5. The molecule has 1 unspecified atom stereocenters. The third-order valence-electron chi connectivity index (χ3n) is 6.05. The van der Waals surface area contributed by atoms with Crippen molar-refractivity contribution in [2.45, 2.75) is 4.87 Å². The van der Waals surface area contributed by atoms with Gasteiger partial charge in [0.1, 0.15) is 4.87 Å². The van der Waals surface area contributed by atoms with Crippen LogP contribution in [0.2, 0.25) is 10.0 Å². The van der Waals surface area contributed by atoms with Crippen LogP contribution in [0.3, 0.4) is 0 Å². The van der Waals surface area contributed by atoms with Gasteiger partial charge in [0.2, 0.25) is 0 Å². The quantitative estimate of drug-likeness (QED) is 0.270. The standard InChI is InChI=1S/C25H16Cl3N7/c1-34-14-29-13-22(34)25(28,16-5-8-18(26)9-6-16)17-7-10-21-20(12-17)23(15-3-2-4-19(27)11-15)30-24-31-32-33-35(21)24/h2-14H,1H3. The zero-order valence-electron chi connectivity index (χ0n) is 18.3. The van der Waals surface area contributed by atoms with Crippen molar-refractivity contribution in [3.05, 3.63) is 106 Å². The van der Waals surface area contributed by atoms with Crippen LogP contribution in [0.25, 0.3) is 27.9 Å². The molecule has 0 fully saturated rings. The summed E-state index contributed by atoms with van der Waals surface area (Å²) < 4.78 is 3.52. The summed E-state index contributed by atoms with van der Waals surface area (Å²) in [5, 5.41) is 14.1. The van der Waals surface area contributed by atoms with Crippen molar-refractivity contribution in [1.82, 2.24) is 34.6 Å². The second-order valence-electron chi connectivity index (χ2n) is 8.15. The SMILES string of the molecule is Cn1cncc1C(Cl)(c1ccc(Cl)cc1)c1ccc2c(c1)c(-c1cccc(Cl)c1)nc1nnnn12. The summed E-state index contributed by atoms with van der Waals surface area (Å²) in [7, 11) is 1.92. The second kappa shape index (κ2) is 8.30.